The van der Waals surface area contributed by atoms with Gasteiger partial charge < -0.3 is 14.4 Å². The topological polar surface area (TPSA) is 99.7 Å². The number of benzene rings is 3. The van der Waals surface area contributed by atoms with Crippen molar-refractivity contribution in [2.45, 2.75) is 13.5 Å². The molecular formula is C27H26N4O5. The van der Waals surface area contributed by atoms with Crippen LogP contribution in [0.15, 0.2) is 79.0 Å². The first-order valence-electron chi connectivity index (χ1n) is 11.4. The molecule has 0 atom stereocenters. The van der Waals surface area contributed by atoms with Crippen LogP contribution in [0.2, 0.25) is 0 Å². The van der Waals surface area contributed by atoms with Crippen LogP contribution in [0.4, 0.5) is 5.69 Å². The number of nitro benzene ring substituents is 1. The lowest BCUT2D eigenvalue weighted by molar-refractivity contribution is -0.385. The molecule has 4 aromatic rings. The first-order chi connectivity index (χ1) is 17.4. The Hall–Kier alpha value is -4.66. The number of nitro groups is 1. The van der Waals surface area contributed by atoms with Crippen LogP contribution in [0.25, 0.3) is 16.9 Å². The zero-order valence-corrected chi connectivity index (χ0v) is 20.2. The number of ether oxygens (including phenoxy) is 2. The van der Waals surface area contributed by atoms with Crippen molar-refractivity contribution in [1.82, 2.24) is 14.7 Å². The molecule has 3 aromatic carbocycles. The van der Waals surface area contributed by atoms with Gasteiger partial charge in [0, 0.05) is 37.0 Å². The molecule has 0 unspecified atom stereocenters. The fourth-order valence-electron chi connectivity index (χ4n) is 3.91. The number of amides is 1. The molecule has 4 rings (SSSR count). The van der Waals surface area contributed by atoms with Crippen molar-refractivity contribution < 1.29 is 19.2 Å². The molecule has 0 fully saturated rings. The second-order valence-electron chi connectivity index (χ2n) is 8.02. The number of hydrogen-bond donors (Lipinski definition) is 0. The highest BCUT2D eigenvalue weighted by Crippen LogP contribution is 2.35. The third-order valence-corrected chi connectivity index (χ3v) is 5.62. The van der Waals surface area contributed by atoms with Gasteiger partial charge in [0.1, 0.15) is 5.56 Å². The quantitative estimate of drug-likeness (QED) is 0.240. The largest absolute Gasteiger partial charge is 0.493 e. The third-order valence-electron chi connectivity index (χ3n) is 5.62. The predicted octanol–water partition coefficient (Wildman–Crippen LogP) is 5.13. The summed E-state index contributed by atoms with van der Waals surface area (Å²) in [7, 11) is 3.02. The van der Waals surface area contributed by atoms with Gasteiger partial charge in [-0.2, -0.15) is 5.10 Å². The van der Waals surface area contributed by atoms with E-state index in [9.17, 15) is 14.9 Å². The molecule has 0 aliphatic rings. The second-order valence-corrected chi connectivity index (χ2v) is 8.02. The van der Waals surface area contributed by atoms with Crippen LogP contribution in [0.1, 0.15) is 22.8 Å². The van der Waals surface area contributed by atoms with Gasteiger partial charge in [0.2, 0.25) is 0 Å². The number of carbonyl (C=O) groups excluding carboxylic acids is 1. The predicted molar refractivity (Wildman–Crippen MR) is 136 cm³/mol. The van der Waals surface area contributed by atoms with Crippen LogP contribution >= 0.6 is 0 Å². The number of carbonyl (C=O) groups is 1. The Kier molecular flexibility index (Phi) is 7.29. The summed E-state index contributed by atoms with van der Waals surface area (Å²) in [5, 5.41) is 16.6. The highest BCUT2D eigenvalue weighted by Gasteiger charge is 2.27. The summed E-state index contributed by atoms with van der Waals surface area (Å²) in [6.45, 7) is 2.25. The van der Waals surface area contributed by atoms with Crippen molar-refractivity contribution in [2.24, 2.45) is 0 Å². The monoisotopic (exact) mass is 486 g/mol. The van der Waals surface area contributed by atoms with Crippen molar-refractivity contribution in [1.29, 1.82) is 0 Å². The van der Waals surface area contributed by atoms with E-state index >= 15 is 0 Å². The molecule has 9 nitrogen and oxygen atoms in total. The third kappa shape index (κ3) is 5.05. The van der Waals surface area contributed by atoms with E-state index in [0.29, 0.717) is 6.61 Å². The van der Waals surface area contributed by atoms with Crippen LogP contribution in [-0.4, -0.2) is 46.3 Å². The number of nitrogens with zero attached hydrogens (tertiary/aromatic N) is 4. The van der Waals surface area contributed by atoms with Gasteiger partial charge >= 0.3 is 0 Å². The molecule has 9 heteroatoms. The molecule has 184 valence electrons. The average molecular weight is 487 g/mol. The smallest absolute Gasteiger partial charge is 0.286 e. The Bertz CT molecular complexity index is 1370. The van der Waals surface area contributed by atoms with Crippen molar-refractivity contribution >= 4 is 11.6 Å². The second kappa shape index (κ2) is 10.7. The van der Waals surface area contributed by atoms with Crippen molar-refractivity contribution in [2.75, 3.05) is 20.8 Å². The van der Waals surface area contributed by atoms with E-state index in [-0.39, 0.29) is 29.3 Å². The first-order valence-corrected chi connectivity index (χ1v) is 11.4. The van der Waals surface area contributed by atoms with Gasteiger partial charge in [-0.25, -0.2) is 4.68 Å². The number of para-hydroxylation sites is 1. The summed E-state index contributed by atoms with van der Waals surface area (Å²) in [4.78, 5) is 26.1. The maximum Gasteiger partial charge on any atom is 0.286 e. The summed E-state index contributed by atoms with van der Waals surface area (Å²) in [6, 6.07) is 21.9. The van der Waals surface area contributed by atoms with Gasteiger partial charge in [0.15, 0.2) is 11.5 Å². The highest BCUT2D eigenvalue weighted by molar-refractivity contribution is 5.99. The van der Waals surface area contributed by atoms with E-state index in [1.54, 1.807) is 18.7 Å². The Balaban J connectivity index is 1.71. The summed E-state index contributed by atoms with van der Waals surface area (Å²) < 4.78 is 12.5. The molecule has 0 aliphatic heterocycles. The maximum absolute atomic E-state index is 13.4. The molecule has 0 aliphatic carbocycles. The minimum atomic E-state index is -0.591. The summed E-state index contributed by atoms with van der Waals surface area (Å²) in [5.74, 6) is -0.0583. The molecule has 0 spiro atoms. The zero-order chi connectivity index (χ0) is 25.7. The van der Waals surface area contributed by atoms with Gasteiger partial charge in [0.05, 0.1) is 36.1 Å². The Labute approximate surface area is 208 Å². The lowest BCUT2D eigenvalue weighted by atomic mass is 10.1. The van der Waals surface area contributed by atoms with Crippen LogP contribution in [0, 0.1) is 10.1 Å². The molecular weight excluding hydrogens is 460 g/mol. The molecule has 0 N–H and O–H groups in total. The average Bonchev–Trinajstić information content (AvgIpc) is 3.32. The Morgan fingerprint density at radius 2 is 1.72 bits per heavy atom. The summed E-state index contributed by atoms with van der Waals surface area (Å²) >= 11 is 0. The molecule has 1 amide bonds. The van der Waals surface area contributed by atoms with Crippen LogP contribution < -0.4 is 9.47 Å². The molecule has 0 saturated heterocycles. The fraction of sp³-hybridized carbons (Fsp3) is 0.185. The lowest BCUT2D eigenvalue weighted by Gasteiger charge is -2.18. The number of hydrogen-bond acceptors (Lipinski definition) is 6. The fourth-order valence-corrected chi connectivity index (χ4v) is 3.91. The standard InChI is InChI=1S/C27H26N4O5/c1-4-36-25-16-23(31(33)34)22(15-24(25)35-3)27(32)29(2)17-20-18-30(21-13-9-6-10-14-21)28-26(20)19-11-7-5-8-12-19/h5-16,18H,4,17H2,1-3H3. The van der Waals surface area contributed by atoms with E-state index in [4.69, 9.17) is 14.6 Å². The van der Waals surface area contributed by atoms with E-state index in [0.717, 1.165) is 22.5 Å². The molecule has 1 aromatic heterocycles. The number of methoxy groups -OCH3 is 1. The van der Waals surface area contributed by atoms with Gasteiger partial charge in [-0.1, -0.05) is 48.5 Å². The van der Waals surface area contributed by atoms with Gasteiger partial charge in [0.25, 0.3) is 11.6 Å². The minimum absolute atomic E-state index is 0.0838. The van der Waals surface area contributed by atoms with Crippen LogP contribution in [0.3, 0.4) is 0 Å². The number of rotatable bonds is 9. The van der Waals surface area contributed by atoms with E-state index < -0.39 is 10.8 Å². The SMILES string of the molecule is CCOc1cc([N+](=O)[O-])c(C(=O)N(C)Cc2cn(-c3ccccc3)nc2-c2ccccc2)cc1OC. The summed E-state index contributed by atoms with van der Waals surface area (Å²) in [6.07, 6.45) is 1.87. The molecule has 1 heterocycles. The minimum Gasteiger partial charge on any atom is -0.493 e. The van der Waals surface area contributed by atoms with E-state index in [1.165, 1.54) is 24.1 Å². The molecule has 0 radical (unpaired) electrons. The molecule has 36 heavy (non-hydrogen) atoms. The lowest BCUT2D eigenvalue weighted by Crippen LogP contribution is -2.27. The first kappa shape index (κ1) is 24.5. The highest BCUT2D eigenvalue weighted by atomic mass is 16.6. The number of aromatic nitrogens is 2. The summed E-state index contributed by atoms with van der Waals surface area (Å²) in [5.41, 5.74) is 2.86. The van der Waals surface area contributed by atoms with E-state index in [1.807, 2.05) is 66.9 Å². The normalized spacial score (nSPS) is 10.6. The molecule has 0 saturated carbocycles. The van der Waals surface area contributed by atoms with E-state index in [2.05, 4.69) is 0 Å². The maximum atomic E-state index is 13.4. The van der Waals surface area contributed by atoms with Crippen molar-refractivity contribution in [3.8, 4) is 28.4 Å². The van der Waals surface area contributed by atoms with Gasteiger partial charge in [-0.3, -0.25) is 14.9 Å². The van der Waals surface area contributed by atoms with Gasteiger partial charge in [-0.15, -0.1) is 0 Å². The Morgan fingerprint density at radius 3 is 2.33 bits per heavy atom. The van der Waals surface area contributed by atoms with Crippen molar-refractivity contribution in [3.63, 3.8) is 0 Å². The molecule has 0 bridgehead atoms. The van der Waals surface area contributed by atoms with Gasteiger partial charge in [-0.05, 0) is 19.1 Å². The van der Waals surface area contributed by atoms with Crippen LogP contribution in [0.5, 0.6) is 11.5 Å². The Morgan fingerprint density at radius 1 is 1.06 bits per heavy atom. The van der Waals surface area contributed by atoms with Crippen LogP contribution in [-0.2, 0) is 6.54 Å². The van der Waals surface area contributed by atoms with Crippen molar-refractivity contribution in [3.05, 3.63) is 100 Å². The zero-order valence-electron chi connectivity index (χ0n) is 20.2.